The zero-order chi connectivity index (χ0) is 20.9. The van der Waals surface area contributed by atoms with Gasteiger partial charge in [-0.3, -0.25) is 4.79 Å². The summed E-state index contributed by atoms with van der Waals surface area (Å²) in [4.78, 5) is 11.6. The summed E-state index contributed by atoms with van der Waals surface area (Å²) in [5.41, 5.74) is 0. The largest absolute Gasteiger partial charge is 0.390 e. The lowest BCUT2D eigenvalue weighted by Gasteiger charge is -2.11. The van der Waals surface area contributed by atoms with E-state index in [0.29, 0.717) is 6.42 Å². The van der Waals surface area contributed by atoms with E-state index in [0.717, 1.165) is 12.8 Å². The maximum absolute atomic E-state index is 11.6. The maximum Gasteiger partial charge on any atom is 0.163 e. The molecule has 0 aliphatic heterocycles. The lowest BCUT2D eigenvalue weighted by atomic mass is 10.0. The van der Waals surface area contributed by atoms with E-state index in [4.69, 9.17) is 0 Å². The molecule has 0 rings (SSSR count). The Balaban J connectivity index is 3.21. The van der Waals surface area contributed by atoms with Gasteiger partial charge in [-0.2, -0.15) is 0 Å². The second kappa shape index (κ2) is 21.0. The Hall–Kier alpha value is -0.670. The molecule has 0 amide bonds. The molecule has 3 nitrogen and oxygen atoms in total. The minimum atomic E-state index is -1.20. The summed E-state index contributed by atoms with van der Waals surface area (Å²) in [5.74, 6) is -0.226. The fourth-order valence-corrected chi connectivity index (χ4v) is 3.49. The highest BCUT2D eigenvalue weighted by Gasteiger charge is 2.19. The van der Waals surface area contributed by atoms with Crippen LogP contribution in [0.5, 0.6) is 0 Å². The first-order chi connectivity index (χ1) is 13.6. The molecule has 2 N–H and O–H groups in total. The predicted octanol–water partition coefficient (Wildman–Crippen LogP) is 6.90. The van der Waals surface area contributed by atoms with Crippen molar-refractivity contribution in [3.63, 3.8) is 0 Å². The first-order valence-corrected chi connectivity index (χ1v) is 12.1. The van der Waals surface area contributed by atoms with Crippen molar-refractivity contribution in [2.45, 2.75) is 142 Å². The quantitative estimate of drug-likeness (QED) is 0.164. The molecule has 0 aliphatic carbocycles. The maximum atomic E-state index is 11.6. The van der Waals surface area contributed by atoms with E-state index >= 15 is 0 Å². The Morgan fingerprint density at radius 2 is 1.07 bits per heavy atom. The van der Waals surface area contributed by atoms with Crippen molar-refractivity contribution < 1.29 is 15.0 Å². The fraction of sp³-hybridized carbons (Fsp3) is 0.880. The van der Waals surface area contributed by atoms with Crippen LogP contribution >= 0.6 is 0 Å². The molecule has 3 heteroatoms. The third kappa shape index (κ3) is 18.7. The molecule has 0 bridgehead atoms. The minimum Gasteiger partial charge on any atom is -0.390 e. The van der Waals surface area contributed by atoms with Gasteiger partial charge < -0.3 is 10.2 Å². The molecule has 0 aromatic rings. The van der Waals surface area contributed by atoms with Gasteiger partial charge in [-0.1, -0.05) is 96.1 Å². The van der Waals surface area contributed by atoms with E-state index in [2.05, 4.69) is 19.1 Å². The number of ketones is 1. The number of carbonyl (C=O) groups excluding carboxylic acids is 1. The molecule has 0 saturated carbocycles. The summed E-state index contributed by atoms with van der Waals surface area (Å²) in [6, 6.07) is 0. The molecule has 166 valence electrons. The smallest absolute Gasteiger partial charge is 0.163 e. The molecular formula is C25H48O3. The van der Waals surface area contributed by atoms with Crippen molar-refractivity contribution in [1.82, 2.24) is 0 Å². The molecule has 2 atom stereocenters. The minimum absolute atomic E-state index is 0.226. The number of allylic oxidation sites excluding steroid dienone is 2. The summed E-state index contributed by atoms with van der Waals surface area (Å²) in [5, 5.41) is 18.6. The second-order valence-electron chi connectivity index (χ2n) is 8.40. The van der Waals surface area contributed by atoms with Crippen LogP contribution in [0.1, 0.15) is 129 Å². The van der Waals surface area contributed by atoms with Crippen LogP contribution in [-0.4, -0.2) is 28.2 Å². The molecule has 2 unspecified atom stereocenters. The first kappa shape index (κ1) is 27.3. The van der Waals surface area contributed by atoms with Crippen LogP contribution in [0.15, 0.2) is 12.2 Å². The number of aliphatic hydroxyl groups is 2. The molecule has 0 radical (unpaired) electrons. The average molecular weight is 397 g/mol. The number of rotatable bonds is 21. The van der Waals surface area contributed by atoms with Crippen LogP contribution in [-0.2, 0) is 4.79 Å². The Kier molecular flexibility index (Phi) is 20.5. The van der Waals surface area contributed by atoms with E-state index in [1.54, 1.807) is 0 Å². The van der Waals surface area contributed by atoms with Gasteiger partial charge >= 0.3 is 0 Å². The number of aliphatic hydroxyl groups excluding tert-OH is 2. The molecule has 0 heterocycles. The van der Waals surface area contributed by atoms with Gasteiger partial charge in [0.2, 0.25) is 0 Å². The number of hydrogen-bond donors (Lipinski definition) is 2. The van der Waals surface area contributed by atoms with Crippen LogP contribution in [0.4, 0.5) is 0 Å². The fourth-order valence-electron chi connectivity index (χ4n) is 3.49. The number of hydrogen-bond acceptors (Lipinski definition) is 3. The van der Waals surface area contributed by atoms with Crippen molar-refractivity contribution in [1.29, 1.82) is 0 Å². The Morgan fingerprint density at radius 1 is 0.679 bits per heavy atom. The Bertz CT molecular complexity index is 363. The molecule has 0 fully saturated rings. The highest BCUT2D eigenvalue weighted by atomic mass is 16.3. The summed E-state index contributed by atoms with van der Waals surface area (Å²) in [6.45, 7) is 3.72. The third-order valence-corrected chi connectivity index (χ3v) is 5.47. The van der Waals surface area contributed by atoms with Gasteiger partial charge in [-0.15, -0.1) is 0 Å². The molecule has 0 aromatic heterocycles. The number of unbranched alkanes of at least 4 members (excludes halogenated alkanes) is 15. The highest BCUT2D eigenvalue weighted by molar-refractivity contribution is 5.83. The number of carbonyl (C=O) groups is 1. The van der Waals surface area contributed by atoms with Gasteiger partial charge in [0.05, 0.1) is 6.10 Å². The normalized spacial score (nSPS) is 13.9. The third-order valence-electron chi connectivity index (χ3n) is 5.47. The van der Waals surface area contributed by atoms with Crippen LogP contribution in [0.25, 0.3) is 0 Å². The molecule has 0 saturated heterocycles. The van der Waals surface area contributed by atoms with E-state index in [-0.39, 0.29) is 5.78 Å². The van der Waals surface area contributed by atoms with Crippen molar-refractivity contribution >= 4 is 5.78 Å². The topological polar surface area (TPSA) is 57.5 Å². The van der Waals surface area contributed by atoms with Gasteiger partial charge in [0.1, 0.15) is 6.10 Å². The Morgan fingerprint density at radius 3 is 1.50 bits per heavy atom. The second-order valence-corrected chi connectivity index (χ2v) is 8.40. The van der Waals surface area contributed by atoms with Crippen molar-refractivity contribution in [2.75, 3.05) is 0 Å². The zero-order valence-corrected chi connectivity index (χ0v) is 18.8. The molecule has 28 heavy (non-hydrogen) atoms. The van der Waals surface area contributed by atoms with E-state index in [1.165, 1.54) is 103 Å². The predicted molar refractivity (Wildman–Crippen MR) is 121 cm³/mol. The van der Waals surface area contributed by atoms with Crippen molar-refractivity contribution in [3.05, 3.63) is 12.2 Å². The lowest BCUT2D eigenvalue weighted by molar-refractivity contribution is -0.132. The van der Waals surface area contributed by atoms with Crippen LogP contribution in [0.2, 0.25) is 0 Å². The Labute approximate surface area is 175 Å². The average Bonchev–Trinajstić information content (AvgIpc) is 2.68. The summed E-state index contributed by atoms with van der Waals surface area (Å²) < 4.78 is 0. The van der Waals surface area contributed by atoms with Gasteiger partial charge in [0.25, 0.3) is 0 Å². The molecule has 0 spiro atoms. The van der Waals surface area contributed by atoms with Crippen molar-refractivity contribution in [3.8, 4) is 0 Å². The van der Waals surface area contributed by atoms with Crippen LogP contribution in [0, 0.1) is 0 Å². The first-order valence-electron chi connectivity index (χ1n) is 12.1. The molecule has 0 aliphatic rings. The summed E-state index contributed by atoms with van der Waals surface area (Å²) in [6.07, 6.45) is 24.7. The standard InChI is InChI=1S/C25H48O3/c1-3-4-5-6-7-8-9-10-11-12-13-14-15-16-17-18-19-20-21-22-24(27)25(28)23(2)26/h10-11,23,25-26,28H,3-9,12-22H2,1-2H3. The summed E-state index contributed by atoms with van der Waals surface area (Å²) >= 11 is 0. The van der Waals surface area contributed by atoms with Gasteiger partial charge in [0.15, 0.2) is 5.78 Å². The van der Waals surface area contributed by atoms with E-state index in [1.807, 2.05) is 0 Å². The van der Waals surface area contributed by atoms with Crippen LogP contribution in [0.3, 0.4) is 0 Å². The van der Waals surface area contributed by atoms with E-state index < -0.39 is 12.2 Å². The van der Waals surface area contributed by atoms with Gasteiger partial charge in [0, 0.05) is 6.42 Å². The SMILES string of the molecule is CCCCCCCCC=CCCCCCCCCCCCC(=O)C(O)C(C)O. The van der Waals surface area contributed by atoms with Gasteiger partial charge in [-0.25, -0.2) is 0 Å². The van der Waals surface area contributed by atoms with Crippen molar-refractivity contribution in [2.24, 2.45) is 0 Å². The summed E-state index contributed by atoms with van der Waals surface area (Å²) in [7, 11) is 0. The van der Waals surface area contributed by atoms with Crippen LogP contribution < -0.4 is 0 Å². The molecule has 0 aromatic carbocycles. The molecular weight excluding hydrogens is 348 g/mol. The lowest BCUT2D eigenvalue weighted by Crippen LogP contribution is -2.31. The monoisotopic (exact) mass is 396 g/mol. The van der Waals surface area contributed by atoms with E-state index in [9.17, 15) is 15.0 Å². The van der Waals surface area contributed by atoms with Gasteiger partial charge in [-0.05, 0) is 39.0 Å². The zero-order valence-electron chi connectivity index (χ0n) is 18.8. The highest BCUT2D eigenvalue weighted by Crippen LogP contribution is 2.13. The number of Topliss-reactive ketones (excluding diaryl/α,β-unsaturated/α-hetero) is 1.